The lowest BCUT2D eigenvalue weighted by Crippen LogP contribution is -2.04. The summed E-state index contributed by atoms with van der Waals surface area (Å²) in [7, 11) is 1.69. The zero-order valence-corrected chi connectivity index (χ0v) is 9.37. The molecule has 0 aliphatic rings. The van der Waals surface area contributed by atoms with Crippen molar-refractivity contribution in [2.24, 2.45) is 7.05 Å². The predicted molar refractivity (Wildman–Crippen MR) is 57.7 cm³/mol. The van der Waals surface area contributed by atoms with Gasteiger partial charge in [0.25, 0.3) is 0 Å². The molecule has 1 aromatic carbocycles. The summed E-state index contributed by atoms with van der Waals surface area (Å²) in [4.78, 5) is 12.0. The normalized spacial score (nSPS) is 10.6. The van der Waals surface area contributed by atoms with Gasteiger partial charge in [-0.1, -0.05) is 0 Å². The fraction of sp³-hybridized carbons (Fsp3) is 0.167. The van der Waals surface area contributed by atoms with E-state index in [2.05, 4.69) is 5.10 Å². The second-order valence-corrected chi connectivity index (χ2v) is 3.75. The minimum atomic E-state index is -0.769. The van der Waals surface area contributed by atoms with E-state index in [9.17, 15) is 13.6 Å². The highest BCUT2D eigenvalue weighted by atomic mass is 19.1. The number of benzene rings is 1. The van der Waals surface area contributed by atoms with E-state index in [1.54, 1.807) is 14.0 Å². The molecule has 0 amide bonds. The van der Waals surface area contributed by atoms with E-state index in [0.29, 0.717) is 11.3 Å². The number of rotatable bonds is 2. The van der Waals surface area contributed by atoms with E-state index in [-0.39, 0.29) is 5.56 Å². The summed E-state index contributed by atoms with van der Waals surface area (Å²) in [6.45, 7) is 1.72. The highest BCUT2D eigenvalue weighted by Gasteiger charge is 2.16. The Bertz CT molecular complexity index is 570. The van der Waals surface area contributed by atoms with Crippen LogP contribution in [0.3, 0.4) is 0 Å². The molecular formula is C12H10F2N2O. The third-order valence-corrected chi connectivity index (χ3v) is 2.60. The van der Waals surface area contributed by atoms with E-state index < -0.39 is 17.4 Å². The molecule has 0 atom stereocenters. The highest BCUT2D eigenvalue weighted by molar-refractivity contribution is 6.09. The molecular weight excluding hydrogens is 226 g/mol. The van der Waals surface area contributed by atoms with Crippen LogP contribution >= 0.6 is 0 Å². The third-order valence-electron chi connectivity index (χ3n) is 2.60. The van der Waals surface area contributed by atoms with Crippen molar-refractivity contribution in [3.63, 3.8) is 0 Å². The van der Waals surface area contributed by atoms with Crippen molar-refractivity contribution in [2.45, 2.75) is 6.92 Å². The molecule has 17 heavy (non-hydrogen) atoms. The van der Waals surface area contributed by atoms with Gasteiger partial charge in [0.1, 0.15) is 11.6 Å². The van der Waals surface area contributed by atoms with Crippen molar-refractivity contribution < 1.29 is 13.6 Å². The number of halogens is 2. The molecule has 0 bridgehead atoms. The molecule has 1 aromatic heterocycles. The van der Waals surface area contributed by atoms with Gasteiger partial charge in [0, 0.05) is 24.4 Å². The summed E-state index contributed by atoms with van der Waals surface area (Å²) in [6.07, 6.45) is 1.39. The van der Waals surface area contributed by atoms with Crippen LogP contribution in [0.25, 0.3) is 0 Å². The van der Waals surface area contributed by atoms with Crippen molar-refractivity contribution in [1.29, 1.82) is 0 Å². The van der Waals surface area contributed by atoms with Gasteiger partial charge in [-0.2, -0.15) is 5.10 Å². The first-order valence-electron chi connectivity index (χ1n) is 4.98. The molecule has 0 fully saturated rings. The third kappa shape index (κ3) is 2.08. The maximum atomic E-state index is 13.0. The highest BCUT2D eigenvalue weighted by Crippen LogP contribution is 2.15. The van der Waals surface area contributed by atoms with Gasteiger partial charge in [-0.25, -0.2) is 8.78 Å². The summed E-state index contributed by atoms with van der Waals surface area (Å²) in [6, 6.07) is 2.75. The molecule has 0 saturated carbocycles. The lowest BCUT2D eigenvalue weighted by atomic mass is 10.0. The van der Waals surface area contributed by atoms with Crippen LogP contribution < -0.4 is 0 Å². The van der Waals surface area contributed by atoms with Gasteiger partial charge in [-0.3, -0.25) is 9.48 Å². The number of aromatic nitrogens is 2. The average molecular weight is 236 g/mol. The molecule has 3 nitrogen and oxygen atoms in total. The molecule has 0 saturated heterocycles. The van der Waals surface area contributed by atoms with Crippen LogP contribution in [-0.4, -0.2) is 15.6 Å². The molecule has 2 aromatic rings. The largest absolute Gasteiger partial charge is 0.288 e. The number of carbonyl (C=O) groups is 1. The van der Waals surface area contributed by atoms with Crippen LogP contribution in [0.2, 0.25) is 0 Å². The Morgan fingerprint density at radius 2 is 1.82 bits per heavy atom. The molecule has 0 aliphatic carbocycles. The van der Waals surface area contributed by atoms with Crippen molar-refractivity contribution >= 4 is 5.78 Å². The van der Waals surface area contributed by atoms with E-state index in [4.69, 9.17) is 0 Å². The first-order valence-corrected chi connectivity index (χ1v) is 4.98. The van der Waals surface area contributed by atoms with Gasteiger partial charge in [0.2, 0.25) is 0 Å². The second kappa shape index (κ2) is 4.08. The molecule has 0 N–H and O–H groups in total. The number of ketones is 1. The Morgan fingerprint density at radius 3 is 2.29 bits per heavy atom. The SMILES string of the molecule is Cc1c(C(=O)c2cc(F)cc(F)c2)cnn1C. The number of carbonyl (C=O) groups excluding carboxylic acids is 1. The van der Waals surface area contributed by atoms with Crippen LogP contribution in [0.4, 0.5) is 8.78 Å². The van der Waals surface area contributed by atoms with E-state index in [1.165, 1.54) is 10.9 Å². The minimum absolute atomic E-state index is 0.0152. The Morgan fingerprint density at radius 1 is 1.24 bits per heavy atom. The van der Waals surface area contributed by atoms with Crippen molar-refractivity contribution in [3.05, 3.63) is 52.9 Å². The topological polar surface area (TPSA) is 34.9 Å². The number of nitrogens with zero attached hydrogens (tertiary/aromatic N) is 2. The average Bonchev–Trinajstić information content (AvgIpc) is 2.57. The Labute approximate surface area is 96.7 Å². The summed E-state index contributed by atoms with van der Waals surface area (Å²) in [5.74, 6) is -1.97. The van der Waals surface area contributed by atoms with Crippen LogP contribution in [-0.2, 0) is 7.05 Å². The maximum absolute atomic E-state index is 13.0. The Balaban J connectivity index is 2.47. The van der Waals surface area contributed by atoms with Crippen LogP contribution in [0, 0.1) is 18.6 Å². The Hall–Kier alpha value is -2.04. The molecule has 0 radical (unpaired) electrons. The Kier molecular flexibility index (Phi) is 2.75. The first kappa shape index (κ1) is 11.4. The molecule has 5 heteroatoms. The van der Waals surface area contributed by atoms with Crippen molar-refractivity contribution in [1.82, 2.24) is 9.78 Å². The van der Waals surface area contributed by atoms with E-state index in [1.807, 2.05) is 0 Å². The first-order chi connectivity index (χ1) is 7.99. The zero-order chi connectivity index (χ0) is 12.6. The molecule has 2 rings (SSSR count). The molecule has 1 heterocycles. The minimum Gasteiger partial charge on any atom is -0.288 e. The fourth-order valence-electron chi connectivity index (χ4n) is 1.56. The quantitative estimate of drug-likeness (QED) is 0.749. The maximum Gasteiger partial charge on any atom is 0.196 e. The predicted octanol–water partition coefficient (Wildman–Crippen LogP) is 2.24. The van der Waals surface area contributed by atoms with E-state index >= 15 is 0 Å². The summed E-state index contributed by atoms with van der Waals surface area (Å²) < 4.78 is 27.5. The smallest absolute Gasteiger partial charge is 0.196 e. The van der Waals surface area contributed by atoms with Crippen LogP contribution in [0.15, 0.2) is 24.4 Å². The van der Waals surface area contributed by atoms with Gasteiger partial charge < -0.3 is 0 Å². The summed E-state index contributed by atoms with van der Waals surface area (Å²) >= 11 is 0. The number of aryl methyl sites for hydroxylation is 1. The summed E-state index contributed by atoms with van der Waals surface area (Å²) in [5.41, 5.74) is 0.982. The molecule has 88 valence electrons. The fourth-order valence-corrected chi connectivity index (χ4v) is 1.56. The van der Waals surface area contributed by atoms with Gasteiger partial charge in [-0.15, -0.1) is 0 Å². The monoisotopic (exact) mass is 236 g/mol. The standard InChI is InChI=1S/C12H10F2N2O/c1-7-11(6-15-16(7)2)12(17)8-3-9(13)5-10(14)4-8/h3-6H,1-2H3. The summed E-state index contributed by atoms with van der Waals surface area (Å²) in [5, 5.41) is 3.92. The second-order valence-electron chi connectivity index (χ2n) is 3.75. The zero-order valence-electron chi connectivity index (χ0n) is 9.37. The molecule has 0 aliphatic heterocycles. The van der Waals surface area contributed by atoms with Crippen molar-refractivity contribution in [3.8, 4) is 0 Å². The molecule has 0 spiro atoms. The van der Waals surface area contributed by atoms with Gasteiger partial charge in [-0.05, 0) is 19.1 Å². The van der Waals surface area contributed by atoms with Gasteiger partial charge in [0.15, 0.2) is 5.78 Å². The van der Waals surface area contributed by atoms with Crippen LogP contribution in [0.1, 0.15) is 21.6 Å². The lowest BCUT2D eigenvalue weighted by Gasteiger charge is -2.01. The van der Waals surface area contributed by atoms with E-state index in [0.717, 1.165) is 18.2 Å². The van der Waals surface area contributed by atoms with Gasteiger partial charge >= 0.3 is 0 Å². The molecule has 0 unspecified atom stereocenters. The lowest BCUT2D eigenvalue weighted by molar-refractivity contribution is 0.103. The number of hydrogen-bond acceptors (Lipinski definition) is 2. The van der Waals surface area contributed by atoms with Crippen LogP contribution in [0.5, 0.6) is 0 Å². The number of hydrogen-bond donors (Lipinski definition) is 0. The van der Waals surface area contributed by atoms with Gasteiger partial charge in [0.05, 0.1) is 11.8 Å². The van der Waals surface area contributed by atoms with Crippen molar-refractivity contribution in [2.75, 3.05) is 0 Å².